The number of benzene rings is 1. The first kappa shape index (κ1) is 15.5. The Balaban J connectivity index is 1.75. The van der Waals surface area contributed by atoms with Crippen LogP contribution in [-0.4, -0.2) is 36.5 Å². The van der Waals surface area contributed by atoms with E-state index in [1.807, 2.05) is 18.2 Å². The van der Waals surface area contributed by atoms with Crippen LogP contribution >= 0.6 is 31.9 Å². The minimum Gasteiger partial charge on any atom is -0.335 e. The first-order valence-corrected chi connectivity index (χ1v) is 9.20. The van der Waals surface area contributed by atoms with Gasteiger partial charge in [0.05, 0.1) is 5.56 Å². The largest absolute Gasteiger partial charge is 0.335 e. The number of rotatable bonds is 4. The van der Waals surface area contributed by atoms with Gasteiger partial charge < -0.3 is 10.2 Å². The Labute approximate surface area is 142 Å². The minimum atomic E-state index is 0.169. The van der Waals surface area contributed by atoms with E-state index in [2.05, 4.69) is 42.1 Å². The van der Waals surface area contributed by atoms with Gasteiger partial charge in [-0.25, -0.2) is 0 Å². The van der Waals surface area contributed by atoms with Gasteiger partial charge in [0.1, 0.15) is 0 Å². The molecule has 0 bridgehead atoms. The molecule has 3 rings (SSSR count). The van der Waals surface area contributed by atoms with Gasteiger partial charge in [-0.15, -0.1) is 0 Å². The van der Waals surface area contributed by atoms with Gasteiger partial charge in [-0.05, 0) is 78.8 Å². The van der Waals surface area contributed by atoms with Crippen LogP contribution in [0.5, 0.6) is 0 Å². The number of piperidine rings is 1. The lowest BCUT2D eigenvalue weighted by atomic mass is 9.98. The van der Waals surface area contributed by atoms with Gasteiger partial charge in [0.25, 0.3) is 5.91 Å². The molecule has 2 fully saturated rings. The second-order valence-electron chi connectivity index (χ2n) is 6.03. The average Bonchev–Trinajstić information content (AvgIpc) is 3.30. The van der Waals surface area contributed by atoms with Gasteiger partial charge in [-0.3, -0.25) is 4.79 Å². The fourth-order valence-corrected chi connectivity index (χ4v) is 4.18. The van der Waals surface area contributed by atoms with E-state index in [1.54, 1.807) is 0 Å². The maximum atomic E-state index is 12.9. The second kappa shape index (κ2) is 6.80. The molecule has 3 nitrogen and oxygen atoms in total. The van der Waals surface area contributed by atoms with Crippen LogP contribution in [0.15, 0.2) is 27.1 Å². The maximum Gasteiger partial charge on any atom is 0.255 e. The van der Waals surface area contributed by atoms with E-state index in [9.17, 15) is 4.79 Å². The summed E-state index contributed by atoms with van der Waals surface area (Å²) < 4.78 is 1.86. The molecule has 0 radical (unpaired) electrons. The van der Waals surface area contributed by atoms with Crippen molar-refractivity contribution in [1.82, 2.24) is 10.2 Å². The monoisotopic (exact) mass is 414 g/mol. The maximum absolute atomic E-state index is 12.9. The normalized spacial score (nSPS) is 22.1. The van der Waals surface area contributed by atoms with Crippen LogP contribution < -0.4 is 5.32 Å². The van der Waals surface area contributed by atoms with Crippen LogP contribution in [0.1, 0.15) is 36.0 Å². The lowest BCUT2D eigenvalue weighted by Crippen LogP contribution is -2.42. The van der Waals surface area contributed by atoms with E-state index in [-0.39, 0.29) is 5.91 Å². The second-order valence-corrected chi connectivity index (χ2v) is 7.80. The van der Waals surface area contributed by atoms with Crippen molar-refractivity contribution in [3.05, 3.63) is 32.7 Å². The summed E-state index contributed by atoms with van der Waals surface area (Å²) >= 11 is 6.96. The Hall–Kier alpha value is -0.390. The van der Waals surface area contributed by atoms with Crippen LogP contribution in [0.4, 0.5) is 0 Å². The molecule has 1 aromatic rings. The first-order valence-electron chi connectivity index (χ1n) is 7.62. The van der Waals surface area contributed by atoms with Crippen molar-refractivity contribution < 1.29 is 4.79 Å². The molecule has 1 saturated carbocycles. The van der Waals surface area contributed by atoms with Crippen molar-refractivity contribution in [2.75, 3.05) is 19.6 Å². The molecule has 1 aliphatic heterocycles. The van der Waals surface area contributed by atoms with Crippen LogP contribution in [0, 0.1) is 5.92 Å². The molecular formula is C16H20Br2N2O. The summed E-state index contributed by atoms with van der Waals surface area (Å²) in [5, 5.41) is 3.44. The predicted molar refractivity (Wildman–Crippen MR) is 91.5 cm³/mol. The molecule has 21 heavy (non-hydrogen) atoms. The Bertz CT molecular complexity index is 525. The third-order valence-electron chi connectivity index (χ3n) is 4.26. The molecule has 0 aromatic heterocycles. The molecule has 1 aromatic carbocycles. The molecule has 1 saturated heterocycles. The van der Waals surface area contributed by atoms with Crippen molar-refractivity contribution in [2.24, 2.45) is 5.92 Å². The van der Waals surface area contributed by atoms with Gasteiger partial charge in [0.2, 0.25) is 0 Å². The Morgan fingerprint density at radius 1 is 1.29 bits per heavy atom. The molecule has 0 spiro atoms. The summed E-state index contributed by atoms with van der Waals surface area (Å²) in [4.78, 5) is 15.0. The van der Waals surface area contributed by atoms with Crippen molar-refractivity contribution in [3.63, 3.8) is 0 Å². The van der Waals surface area contributed by atoms with Gasteiger partial charge in [0.15, 0.2) is 0 Å². The van der Waals surface area contributed by atoms with Crippen molar-refractivity contribution in [2.45, 2.75) is 31.7 Å². The fraction of sp³-hybridized carbons (Fsp3) is 0.562. The number of nitrogens with zero attached hydrogens (tertiary/aromatic N) is 1. The highest BCUT2D eigenvalue weighted by atomic mass is 79.9. The van der Waals surface area contributed by atoms with E-state index in [0.29, 0.717) is 12.0 Å². The quantitative estimate of drug-likeness (QED) is 0.810. The van der Waals surface area contributed by atoms with Crippen LogP contribution in [0.3, 0.4) is 0 Å². The van der Waals surface area contributed by atoms with Gasteiger partial charge in [-0.2, -0.15) is 0 Å². The summed E-state index contributed by atoms with van der Waals surface area (Å²) in [6.07, 6.45) is 4.75. The van der Waals surface area contributed by atoms with Crippen LogP contribution in [-0.2, 0) is 0 Å². The zero-order valence-corrected chi connectivity index (χ0v) is 15.1. The molecule has 1 heterocycles. The summed E-state index contributed by atoms with van der Waals surface area (Å²) in [5.41, 5.74) is 0.772. The molecule has 1 unspecified atom stereocenters. The summed E-state index contributed by atoms with van der Waals surface area (Å²) in [7, 11) is 0. The standard InChI is InChI=1S/C16H20Br2N2O/c17-12-3-6-14(15(18)8-12)16(21)20(13-4-5-13)10-11-2-1-7-19-9-11/h3,6,8,11,13,19H,1-2,4-5,7,9-10H2. The highest BCUT2D eigenvalue weighted by Gasteiger charge is 2.35. The molecule has 1 atom stereocenters. The summed E-state index contributed by atoms with van der Waals surface area (Å²) in [6, 6.07) is 6.24. The number of amides is 1. The highest BCUT2D eigenvalue weighted by molar-refractivity contribution is 9.11. The van der Waals surface area contributed by atoms with Gasteiger partial charge >= 0.3 is 0 Å². The number of carbonyl (C=O) groups excluding carboxylic acids is 1. The molecule has 2 aliphatic rings. The van der Waals surface area contributed by atoms with E-state index in [0.717, 1.165) is 47.0 Å². The number of halogens is 2. The Morgan fingerprint density at radius 3 is 2.71 bits per heavy atom. The predicted octanol–water partition coefficient (Wildman–Crippen LogP) is 3.82. The number of hydrogen-bond donors (Lipinski definition) is 1. The minimum absolute atomic E-state index is 0.169. The third-order valence-corrected chi connectivity index (χ3v) is 5.41. The van der Waals surface area contributed by atoms with E-state index >= 15 is 0 Å². The number of carbonyl (C=O) groups is 1. The lowest BCUT2D eigenvalue weighted by molar-refractivity contribution is 0.0703. The lowest BCUT2D eigenvalue weighted by Gasteiger charge is -2.30. The molecular weight excluding hydrogens is 396 g/mol. The topological polar surface area (TPSA) is 32.3 Å². The van der Waals surface area contributed by atoms with Gasteiger partial charge in [-0.1, -0.05) is 15.9 Å². The highest BCUT2D eigenvalue weighted by Crippen LogP contribution is 2.32. The summed E-state index contributed by atoms with van der Waals surface area (Å²) in [6.45, 7) is 3.04. The zero-order chi connectivity index (χ0) is 14.8. The molecule has 1 aliphatic carbocycles. The SMILES string of the molecule is O=C(c1ccc(Br)cc1Br)N(CC1CCCNC1)C1CC1. The zero-order valence-electron chi connectivity index (χ0n) is 11.9. The average molecular weight is 416 g/mol. The third kappa shape index (κ3) is 3.88. The first-order chi connectivity index (χ1) is 10.1. The van der Waals surface area contributed by atoms with E-state index in [1.165, 1.54) is 12.8 Å². The Kier molecular flexibility index (Phi) is 5.02. The Morgan fingerprint density at radius 2 is 2.10 bits per heavy atom. The van der Waals surface area contributed by atoms with Crippen LogP contribution in [0.25, 0.3) is 0 Å². The van der Waals surface area contributed by atoms with Crippen molar-refractivity contribution >= 4 is 37.8 Å². The van der Waals surface area contributed by atoms with Gasteiger partial charge in [0, 0.05) is 21.5 Å². The van der Waals surface area contributed by atoms with Crippen molar-refractivity contribution in [3.8, 4) is 0 Å². The number of hydrogen-bond acceptors (Lipinski definition) is 2. The van der Waals surface area contributed by atoms with Crippen molar-refractivity contribution in [1.29, 1.82) is 0 Å². The van der Waals surface area contributed by atoms with E-state index < -0.39 is 0 Å². The summed E-state index contributed by atoms with van der Waals surface area (Å²) in [5.74, 6) is 0.764. The fourth-order valence-electron chi connectivity index (χ4n) is 2.96. The number of nitrogens with one attached hydrogen (secondary N) is 1. The smallest absolute Gasteiger partial charge is 0.255 e. The molecule has 114 valence electrons. The molecule has 1 N–H and O–H groups in total. The van der Waals surface area contributed by atoms with Crippen LogP contribution in [0.2, 0.25) is 0 Å². The molecule has 5 heteroatoms. The molecule has 1 amide bonds. The van der Waals surface area contributed by atoms with E-state index in [4.69, 9.17) is 0 Å².